The molecule has 0 heterocycles. The van der Waals surface area contributed by atoms with E-state index in [1.165, 1.54) is 0 Å². The number of alkyl carbamates (subject to hydrolysis) is 1. The molecule has 7 nitrogen and oxygen atoms in total. The Hall–Kier alpha value is -2.83. The number of hydrogen-bond acceptors (Lipinski definition) is 6. The molecule has 0 saturated heterocycles. The molecule has 0 radical (unpaired) electrons. The SMILES string of the molecule is C=CCc1cc(C(=N)NC(=O)OC(C)(C)C)ccc1OC(=O)OC(C)(C)C. The van der Waals surface area contributed by atoms with E-state index < -0.39 is 23.5 Å². The Bertz CT molecular complexity index is 727. The van der Waals surface area contributed by atoms with Crippen molar-refractivity contribution in [2.24, 2.45) is 0 Å². The molecule has 0 spiro atoms. The minimum atomic E-state index is -0.817. The molecule has 2 N–H and O–H groups in total. The van der Waals surface area contributed by atoms with Gasteiger partial charge in [0.1, 0.15) is 22.8 Å². The highest BCUT2D eigenvalue weighted by Gasteiger charge is 2.20. The Balaban J connectivity index is 2.94. The number of benzene rings is 1. The number of hydrogen-bond donors (Lipinski definition) is 2. The fourth-order valence-corrected chi connectivity index (χ4v) is 1.99. The van der Waals surface area contributed by atoms with Crippen molar-refractivity contribution in [3.8, 4) is 5.75 Å². The predicted molar refractivity (Wildman–Crippen MR) is 103 cm³/mol. The van der Waals surface area contributed by atoms with Gasteiger partial charge in [-0.3, -0.25) is 10.7 Å². The average molecular weight is 376 g/mol. The van der Waals surface area contributed by atoms with E-state index in [0.717, 1.165) is 0 Å². The molecule has 0 fully saturated rings. The first kappa shape index (κ1) is 22.2. The van der Waals surface area contributed by atoms with Crippen LogP contribution in [0.5, 0.6) is 5.75 Å². The maximum absolute atomic E-state index is 11.9. The van der Waals surface area contributed by atoms with Gasteiger partial charge in [-0.25, -0.2) is 9.59 Å². The Morgan fingerprint density at radius 2 is 1.70 bits per heavy atom. The second-order valence-electron chi connectivity index (χ2n) is 7.88. The minimum absolute atomic E-state index is 0.126. The van der Waals surface area contributed by atoms with Crippen molar-refractivity contribution >= 4 is 18.1 Å². The number of rotatable bonds is 4. The van der Waals surface area contributed by atoms with E-state index in [9.17, 15) is 9.59 Å². The van der Waals surface area contributed by atoms with Gasteiger partial charge in [0, 0.05) is 5.56 Å². The standard InChI is InChI=1S/C20H28N2O5/c1-8-9-13-12-14(16(21)22-17(23)26-19(2,3)4)10-11-15(13)25-18(24)27-20(5,6)7/h8,10-12H,1,9H2,2-7H3,(H2,21,22,23). The van der Waals surface area contributed by atoms with Gasteiger partial charge in [-0.05, 0) is 71.7 Å². The average Bonchev–Trinajstić information content (AvgIpc) is 2.45. The van der Waals surface area contributed by atoms with Gasteiger partial charge >= 0.3 is 12.2 Å². The van der Waals surface area contributed by atoms with Gasteiger partial charge in [0.15, 0.2) is 0 Å². The topological polar surface area (TPSA) is 97.7 Å². The smallest absolute Gasteiger partial charge is 0.444 e. The molecule has 0 aliphatic rings. The summed E-state index contributed by atoms with van der Waals surface area (Å²) in [5.74, 6) is 0.177. The first-order chi connectivity index (χ1) is 12.3. The number of nitrogens with one attached hydrogen (secondary N) is 2. The first-order valence-electron chi connectivity index (χ1n) is 8.54. The summed E-state index contributed by atoms with van der Waals surface area (Å²) in [6.45, 7) is 14.1. The van der Waals surface area contributed by atoms with Crippen LogP contribution in [0.15, 0.2) is 30.9 Å². The lowest BCUT2D eigenvalue weighted by Crippen LogP contribution is -2.36. The van der Waals surface area contributed by atoms with Crippen LogP contribution in [-0.2, 0) is 15.9 Å². The van der Waals surface area contributed by atoms with Gasteiger partial charge in [-0.2, -0.15) is 0 Å². The molecule has 0 unspecified atom stereocenters. The Morgan fingerprint density at radius 1 is 1.11 bits per heavy atom. The van der Waals surface area contributed by atoms with Crippen molar-refractivity contribution in [2.45, 2.75) is 59.2 Å². The highest BCUT2D eigenvalue weighted by atomic mass is 16.7. The van der Waals surface area contributed by atoms with Crippen molar-refractivity contribution in [3.63, 3.8) is 0 Å². The van der Waals surface area contributed by atoms with Crippen LogP contribution in [0.4, 0.5) is 9.59 Å². The number of amidine groups is 1. The summed E-state index contributed by atoms with van der Waals surface area (Å²) in [6, 6.07) is 4.75. The normalized spacial score (nSPS) is 11.3. The predicted octanol–water partition coefficient (Wildman–Crippen LogP) is 4.58. The van der Waals surface area contributed by atoms with Gasteiger partial charge < -0.3 is 14.2 Å². The van der Waals surface area contributed by atoms with E-state index in [1.807, 2.05) is 0 Å². The van der Waals surface area contributed by atoms with E-state index >= 15 is 0 Å². The molecule has 1 amide bonds. The largest absolute Gasteiger partial charge is 0.514 e. The molecular weight excluding hydrogens is 348 g/mol. The summed E-state index contributed by atoms with van der Waals surface area (Å²) in [5, 5.41) is 10.4. The zero-order chi connectivity index (χ0) is 20.8. The maximum atomic E-state index is 11.9. The van der Waals surface area contributed by atoms with Crippen LogP contribution in [0.3, 0.4) is 0 Å². The van der Waals surface area contributed by atoms with Gasteiger partial charge in [-0.15, -0.1) is 6.58 Å². The van der Waals surface area contributed by atoms with Crippen LogP contribution in [-0.4, -0.2) is 29.3 Å². The molecule has 0 bridgehead atoms. The minimum Gasteiger partial charge on any atom is -0.444 e. The van der Waals surface area contributed by atoms with E-state index in [0.29, 0.717) is 23.3 Å². The van der Waals surface area contributed by atoms with Crippen LogP contribution < -0.4 is 10.1 Å². The van der Waals surface area contributed by atoms with Crippen molar-refractivity contribution in [2.75, 3.05) is 0 Å². The molecule has 0 aromatic heterocycles. The summed E-state index contributed by atoms with van der Waals surface area (Å²) in [4.78, 5) is 23.7. The number of ether oxygens (including phenoxy) is 3. The van der Waals surface area contributed by atoms with Crippen molar-refractivity contribution in [3.05, 3.63) is 42.0 Å². The quantitative estimate of drug-likeness (QED) is 0.263. The van der Waals surface area contributed by atoms with Gasteiger partial charge in [0.05, 0.1) is 0 Å². The molecule has 0 aliphatic heterocycles. The molecular formula is C20H28N2O5. The molecule has 0 saturated carbocycles. The zero-order valence-electron chi connectivity index (χ0n) is 16.8. The van der Waals surface area contributed by atoms with E-state index in [1.54, 1.807) is 65.8 Å². The third kappa shape index (κ3) is 8.40. The summed E-state index contributed by atoms with van der Waals surface area (Å²) < 4.78 is 15.6. The fourth-order valence-electron chi connectivity index (χ4n) is 1.99. The van der Waals surface area contributed by atoms with E-state index in [2.05, 4.69) is 11.9 Å². The van der Waals surface area contributed by atoms with Crippen LogP contribution in [0.25, 0.3) is 0 Å². The fraction of sp³-hybridized carbons (Fsp3) is 0.450. The van der Waals surface area contributed by atoms with Crippen molar-refractivity contribution in [1.82, 2.24) is 5.32 Å². The molecule has 1 aromatic carbocycles. The lowest BCUT2D eigenvalue weighted by atomic mass is 10.1. The van der Waals surface area contributed by atoms with E-state index in [4.69, 9.17) is 19.6 Å². The third-order valence-electron chi connectivity index (χ3n) is 2.92. The number of carbonyl (C=O) groups is 2. The van der Waals surface area contributed by atoms with Crippen LogP contribution in [0.2, 0.25) is 0 Å². The monoisotopic (exact) mass is 376 g/mol. The summed E-state index contributed by atoms with van der Waals surface area (Å²) in [6.07, 6.45) is 0.520. The van der Waals surface area contributed by atoms with Crippen LogP contribution in [0, 0.1) is 5.41 Å². The molecule has 27 heavy (non-hydrogen) atoms. The molecule has 1 rings (SSSR count). The summed E-state index contributed by atoms with van der Waals surface area (Å²) in [5.41, 5.74) is -0.267. The summed E-state index contributed by atoms with van der Waals surface area (Å²) in [7, 11) is 0. The summed E-state index contributed by atoms with van der Waals surface area (Å²) >= 11 is 0. The molecule has 0 atom stereocenters. The highest BCUT2D eigenvalue weighted by molar-refractivity contribution is 6.04. The Morgan fingerprint density at radius 3 is 2.22 bits per heavy atom. The van der Waals surface area contributed by atoms with Crippen LogP contribution in [0.1, 0.15) is 52.7 Å². The Kier molecular flexibility index (Phi) is 7.16. The first-order valence-corrected chi connectivity index (χ1v) is 8.54. The van der Waals surface area contributed by atoms with Gasteiger partial charge in [0.25, 0.3) is 0 Å². The molecule has 7 heteroatoms. The number of carbonyl (C=O) groups excluding carboxylic acids is 2. The van der Waals surface area contributed by atoms with Crippen molar-refractivity contribution < 1.29 is 23.8 Å². The highest BCUT2D eigenvalue weighted by Crippen LogP contribution is 2.23. The maximum Gasteiger partial charge on any atom is 0.514 e. The third-order valence-corrected chi connectivity index (χ3v) is 2.92. The van der Waals surface area contributed by atoms with Gasteiger partial charge in [0.2, 0.25) is 0 Å². The van der Waals surface area contributed by atoms with Crippen molar-refractivity contribution in [1.29, 1.82) is 5.41 Å². The van der Waals surface area contributed by atoms with Gasteiger partial charge in [-0.1, -0.05) is 6.08 Å². The zero-order valence-corrected chi connectivity index (χ0v) is 16.8. The second kappa shape index (κ2) is 8.70. The van der Waals surface area contributed by atoms with E-state index in [-0.39, 0.29) is 5.84 Å². The number of amides is 1. The molecule has 148 valence electrons. The number of allylic oxidation sites excluding steroid dienone is 1. The molecule has 0 aliphatic carbocycles. The Labute approximate surface area is 160 Å². The second-order valence-corrected chi connectivity index (χ2v) is 7.88. The lowest BCUT2D eigenvalue weighted by molar-refractivity contribution is 0.0204. The van der Waals surface area contributed by atoms with Crippen LogP contribution >= 0.6 is 0 Å². The molecule has 1 aromatic rings. The lowest BCUT2D eigenvalue weighted by Gasteiger charge is -2.20.